The van der Waals surface area contributed by atoms with Crippen molar-refractivity contribution in [1.82, 2.24) is 4.90 Å². The second-order valence-electron chi connectivity index (χ2n) is 4.36. The number of allylic oxidation sites excluding steroid dienone is 3. The van der Waals surface area contributed by atoms with Crippen LogP contribution in [0.1, 0.15) is 5.56 Å². The van der Waals surface area contributed by atoms with Gasteiger partial charge in [-0.05, 0) is 36.4 Å². The first kappa shape index (κ1) is 12.7. The van der Waals surface area contributed by atoms with Gasteiger partial charge in [0.15, 0.2) is 5.70 Å². The molecule has 2 heterocycles. The van der Waals surface area contributed by atoms with Crippen LogP contribution in [0.3, 0.4) is 0 Å². The Labute approximate surface area is 121 Å². The Morgan fingerprint density at radius 1 is 1.20 bits per heavy atom. The lowest BCUT2D eigenvalue weighted by atomic mass is 10.2. The van der Waals surface area contributed by atoms with E-state index in [4.69, 9.17) is 16.3 Å². The third kappa shape index (κ3) is 2.26. The smallest absolute Gasteiger partial charge is 0.366 e. The van der Waals surface area contributed by atoms with Crippen LogP contribution in [0.5, 0.6) is 0 Å². The Kier molecular flexibility index (Phi) is 3.16. The first-order valence-electron chi connectivity index (χ1n) is 6.04. The van der Waals surface area contributed by atoms with E-state index in [0.29, 0.717) is 22.3 Å². The van der Waals surface area contributed by atoms with Gasteiger partial charge in [0.05, 0.1) is 5.70 Å². The lowest BCUT2D eigenvalue weighted by molar-refractivity contribution is -0.130. The molecule has 0 amide bonds. The summed E-state index contributed by atoms with van der Waals surface area (Å²) in [6, 6.07) is 6.99. The fourth-order valence-electron chi connectivity index (χ4n) is 1.95. The maximum atomic E-state index is 12.0. The van der Waals surface area contributed by atoms with Crippen LogP contribution in [0, 0.1) is 0 Å². The minimum atomic E-state index is -0.447. The summed E-state index contributed by atoms with van der Waals surface area (Å²) in [5.74, 6) is -0.151. The zero-order chi connectivity index (χ0) is 14.1. The van der Waals surface area contributed by atoms with Gasteiger partial charge < -0.3 is 9.64 Å². The van der Waals surface area contributed by atoms with Gasteiger partial charge >= 0.3 is 5.97 Å². The van der Waals surface area contributed by atoms with Crippen molar-refractivity contribution in [1.29, 1.82) is 0 Å². The molecule has 1 aromatic rings. The average molecular weight is 287 g/mol. The van der Waals surface area contributed by atoms with Crippen molar-refractivity contribution in [2.75, 3.05) is 7.05 Å². The fourth-order valence-corrected chi connectivity index (χ4v) is 2.08. The van der Waals surface area contributed by atoms with E-state index in [9.17, 15) is 4.79 Å². The van der Waals surface area contributed by atoms with Crippen LogP contribution in [0.2, 0.25) is 5.02 Å². The van der Waals surface area contributed by atoms with Crippen molar-refractivity contribution in [3.8, 4) is 0 Å². The van der Waals surface area contributed by atoms with E-state index in [-0.39, 0.29) is 0 Å². The summed E-state index contributed by atoms with van der Waals surface area (Å²) in [5, 5.41) is 0.623. The molecule has 0 radical (unpaired) electrons. The summed E-state index contributed by atoms with van der Waals surface area (Å²) in [4.78, 5) is 18.1. The van der Waals surface area contributed by atoms with Crippen LogP contribution < -0.4 is 0 Å². The Balaban J connectivity index is 2.01. The van der Waals surface area contributed by atoms with Crippen molar-refractivity contribution in [2.45, 2.75) is 0 Å². The predicted molar refractivity (Wildman–Crippen MR) is 77.2 cm³/mol. The maximum Gasteiger partial charge on any atom is 0.366 e. The number of likely N-dealkylation sites (N-methyl/N-ethyl adjacent to an activating group) is 1. The summed E-state index contributed by atoms with van der Waals surface area (Å²) >= 11 is 5.84. The highest BCUT2D eigenvalue weighted by atomic mass is 35.5. The molecule has 0 saturated carbocycles. The monoisotopic (exact) mass is 286 g/mol. The highest BCUT2D eigenvalue weighted by molar-refractivity contribution is 6.30. The van der Waals surface area contributed by atoms with Gasteiger partial charge in [-0.1, -0.05) is 17.7 Å². The van der Waals surface area contributed by atoms with Gasteiger partial charge in [-0.25, -0.2) is 9.79 Å². The number of hydrogen-bond acceptors (Lipinski definition) is 4. The maximum absolute atomic E-state index is 12.0. The summed E-state index contributed by atoms with van der Waals surface area (Å²) in [5.41, 5.74) is 1.73. The number of rotatable bonds is 1. The van der Waals surface area contributed by atoms with Crippen molar-refractivity contribution in [2.24, 2.45) is 4.99 Å². The number of aliphatic imine (C=N–C) groups is 1. The largest absolute Gasteiger partial charge is 0.402 e. The minimum Gasteiger partial charge on any atom is -0.402 e. The SMILES string of the molecule is CN1C=CC=C/C1=C1/N=C(c2ccc(Cl)cc2)OC1=O. The van der Waals surface area contributed by atoms with Gasteiger partial charge in [0.2, 0.25) is 5.90 Å². The van der Waals surface area contributed by atoms with E-state index in [1.54, 1.807) is 24.3 Å². The van der Waals surface area contributed by atoms with Crippen LogP contribution >= 0.6 is 11.6 Å². The van der Waals surface area contributed by atoms with Crippen LogP contribution in [-0.4, -0.2) is 23.8 Å². The number of carbonyl (C=O) groups is 1. The van der Waals surface area contributed by atoms with Crippen LogP contribution in [0.25, 0.3) is 0 Å². The first-order chi connectivity index (χ1) is 9.65. The van der Waals surface area contributed by atoms with E-state index >= 15 is 0 Å². The molecule has 0 aromatic heterocycles. The lowest BCUT2D eigenvalue weighted by Gasteiger charge is -2.17. The number of halogens is 1. The fraction of sp³-hybridized carbons (Fsp3) is 0.0667. The molecule has 0 N–H and O–H groups in total. The Hall–Kier alpha value is -2.33. The second-order valence-corrected chi connectivity index (χ2v) is 4.80. The molecule has 0 saturated heterocycles. The number of esters is 1. The molecule has 2 aliphatic rings. The molecule has 1 aromatic carbocycles. The van der Waals surface area contributed by atoms with Gasteiger partial charge in [0, 0.05) is 23.8 Å². The number of benzene rings is 1. The van der Waals surface area contributed by atoms with Gasteiger partial charge in [-0.3, -0.25) is 0 Å². The molecule has 0 fully saturated rings. The number of ether oxygens (including phenoxy) is 1. The van der Waals surface area contributed by atoms with Gasteiger partial charge in [0.25, 0.3) is 0 Å². The Morgan fingerprint density at radius 3 is 2.65 bits per heavy atom. The molecule has 0 bridgehead atoms. The molecule has 0 aliphatic carbocycles. The standard InChI is InChI=1S/C15H11ClN2O2/c1-18-9-3-2-4-12(18)13-15(19)20-14(17-13)10-5-7-11(16)8-6-10/h2-9H,1H3/b13-12-. The normalized spacial score (nSPS) is 21.2. The highest BCUT2D eigenvalue weighted by Crippen LogP contribution is 2.24. The first-order valence-corrected chi connectivity index (χ1v) is 6.42. The molecule has 2 aliphatic heterocycles. The molecule has 0 spiro atoms. The molecule has 20 heavy (non-hydrogen) atoms. The van der Waals surface area contributed by atoms with Crippen LogP contribution in [0.15, 0.2) is 65.1 Å². The van der Waals surface area contributed by atoms with Crippen LogP contribution in [-0.2, 0) is 9.53 Å². The van der Waals surface area contributed by atoms with E-state index < -0.39 is 5.97 Å². The second kappa shape index (κ2) is 4.98. The van der Waals surface area contributed by atoms with Crippen molar-refractivity contribution < 1.29 is 9.53 Å². The number of nitrogens with zero attached hydrogens (tertiary/aromatic N) is 2. The molecular weight excluding hydrogens is 276 g/mol. The molecule has 3 rings (SSSR count). The molecular formula is C15H11ClN2O2. The average Bonchev–Trinajstić information content (AvgIpc) is 2.82. The summed E-state index contributed by atoms with van der Waals surface area (Å²) in [7, 11) is 1.85. The number of carbonyl (C=O) groups excluding carboxylic acids is 1. The van der Waals surface area contributed by atoms with Crippen molar-refractivity contribution in [3.05, 3.63) is 70.7 Å². The Morgan fingerprint density at radius 2 is 1.95 bits per heavy atom. The quantitative estimate of drug-likeness (QED) is 0.589. The topological polar surface area (TPSA) is 41.9 Å². The highest BCUT2D eigenvalue weighted by Gasteiger charge is 2.28. The van der Waals surface area contributed by atoms with Crippen LogP contribution in [0.4, 0.5) is 0 Å². The zero-order valence-electron chi connectivity index (χ0n) is 10.7. The van der Waals surface area contributed by atoms with Gasteiger partial charge in [-0.15, -0.1) is 0 Å². The van der Waals surface area contributed by atoms with E-state index in [1.807, 2.05) is 36.4 Å². The molecule has 5 heteroatoms. The predicted octanol–water partition coefficient (Wildman–Crippen LogP) is 2.87. The third-order valence-corrected chi connectivity index (χ3v) is 3.24. The molecule has 0 unspecified atom stereocenters. The molecule has 100 valence electrons. The molecule has 0 atom stereocenters. The third-order valence-electron chi connectivity index (χ3n) is 2.98. The Bertz CT molecular complexity index is 684. The summed E-state index contributed by atoms with van der Waals surface area (Å²) < 4.78 is 5.23. The van der Waals surface area contributed by atoms with E-state index in [1.165, 1.54) is 0 Å². The van der Waals surface area contributed by atoms with E-state index in [2.05, 4.69) is 4.99 Å². The number of cyclic esters (lactones) is 1. The summed E-state index contributed by atoms with van der Waals surface area (Å²) in [6.07, 6.45) is 7.41. The van der Waals surface area contributed by atoms with Gasteiger partial charge in [0.1, 0.15) is 0 Å². The van der Waals surface area contributed by atoms with Gasteiger partial charge in [-0.2, -0.15) is 0 Å². The van der Waals surface area contributed by atoms with Crippen molar-refractivity contribution in [3.63, 3.8) is 0 Å². The van der Waals surface area contributed by atoms with Crippen molar-refractivity contribution >= 4 is 23.5 Å². The lowest BCUT2D eigenvalue weighted by Crippen LogP contribution is -2.15. The summed E-state index contributed by atoms with van der Waals surface area (Å²) in [6.45, 7) is 0. The number of hydrogen-bond donors (Lipinski definition) is 0. The van der Waals surface area contributed by atoms with E-state index in [0.717, 1.165) is 5.56 Å². The minimum absolute atomic E-state index is 0.297. The molecule has 4 nitrogen and oxygen atoms in total. The zero-order valence-corrected chi connectivity index (χ0v) is 11.5.